The number of carbonyl (C=O) groups excluding carboxylic acids is 1. The van der Waals surface area contributed by atoms with Crippen LogP contribution in [0, 0.1) is 20.8 Å². The van der Waals surface area contributed by atoms with Gasteiger partial charge in [-0.25, -0.2) is 4.98 Å². The molecule has 0 atom stereocenters. The normalized spacial score (nSPS) is 10.3. The molecule has 1 aromatic heterocycles. The second-order valence-electron chi connectivity index (χ2n) is 4.46. The van der Waals surface area contributed by atoms with E-state index in [1.807, 2.05) is 32.9 Å². The van der Waals surface area contributed by atoms with E-state index >= 15 is 0 Å². The van der Waals surface area contributed by atoms with Gasteiger partial charge in [-0.15, -0.1) is 11.3 Å². The number of anilines is 1. The quantitative estimate of drug-likeness (QED) is 0.856. The lowest BCUT2D eigenvalue weighted by Crippen LogP contribution is -2.18. The molecule has 104 valence electrons. The van der Waals surface area contributed by atoms with E-state index in [2.05, 4.69) is 10.3 Å². The molecule has 0 saturated carbocycles. The predicted molar refractivity (Wildman–Crippen MR) is 86.6 cm³/mol. The maximum atomic E-state index is 12.3. The van der Waals surface area contributed by atoms with Crippen molar-refractivity contribution < 1.29 is 4.79 Å². The molecule has 3 N–H and O–H groups in total. The molecule has 1 amide bonds. The second kappa shape index (κ2) is 5.68. The summed E-state index contributed by atoms with van der Waals surface area (Å²) < 4.78 is 0. The standard InChI is InChI=1S/C14H15N3OS2/c1-7-5-4-6-10(11(7)13(15)19)17-14(18)12-8(2)16-9(3)20-12/h4-6H,1-3H3,(H2,15,19)(H,17,18). The Morgan fingerprint density at radius 2 is 2.05 bits per heavy atom. The number of thiazole rings is 1. The molecule has 0 aliphatic carbocycles. The van der Waals surface area contributed by atoms with E-state index < -0.39 is 0 Å². The summed E-state index contributed by atoms with van der Waals surface area (Å²) >= 11 is 6.43. The Balaban J connectivity index is 2.36. The smallest absolute Gasteiger partial charge is 0.267 e. The molecule has 0 spiro atoms. The Morgan fingerprint density at radius 1 is 1.35 bits per heavy atom. The number of nitrogens with zero attached hydrogens (tertiary/aromatic N) is 1. The van der Waals surface area contributed by atoms with Crippen molar-refractivity contribution in [3.8, 4) is 0 Å². The lowest BCUT2D eigenvalue weighted by Gasteiger charge is -2.12. The molecule has 0 bridgehead atoms. The van der Waals surface area contributed by atoms with Crippen molar-refractivity contribution in [1.29, 1.82) is 0 Å². The largest absolute Gasteiger partial charge is 0.389 e. The molecular weight excluding hydrogens is 290 g/mol. The summed E-state index contributed by atoms with van der Waals surface area (Å²) in [4.78, 5) is 17.4. The number of rotatable bonds is 3. The van der Waals surface area contributed by atoms with Crippen molar-refractivity contribution in [2.24, 2.45) is 5.73 Å². The molecule has 1 heterocycles. The molecular formula is C14H15N3OS2. The first kappa shape index (κ1) is 14.6. The molecule has 1 aromatic carbocycles. The fourth-order valence-electron chi connectivity index (χ4n) is 2.02. The monoisotopic (exact) mass is 305 g/mol. The Labute approximate surface area is 127 Å². The van der Waals surface area contributed by atoms with Crippen LogP contribution in [-0.4, -0.2) is 15.9 Å². The lowest BCUT2D eigenvalue weighted by atomic mass is 10.1. The van der Waals surface area contributed by atoms with E-state index in [1.54, 1.807) is 6.07 Å². The molecule has 0 aliphatic heterocycles. The third-order valence-electron chi connectivity index (χ3n) is 2.88. The molecule has 4 nitrogen and oxygen atoms in total. The number of aryl methyl sites for hydroxylation is 3. The number of nitrogens with one attached hydrogen (secondary N) is 1. The van der Waals surface area contributed by atoms with Crippen LogP contribution in [0.25, 0.3) is 0 Å². The maximum Gasteiger partial charge on any atom is 0.267 e. The summed E-state index contributed by atoms with van der Waals surface area (Å²) in [5.74, 6) is -0.184. The van der Waals surface area contributed by atoms with E-state index in [-0.39, 0.29) is 10.9 Å². The van der Waals surface area contributed by atoms with Crippen molar-refractivity contribution in [2.75, 3.05) is 5.32 Å². The number of hydrogen-bond acceptors (Lipinski definition) is 4. The van der Waals surface area contributed by atoms with E-state index in [0.717, 1.165) is 16.3 Å². The van der Waals surface area contributed by atoms with Gasteiger partial charge in [0.1, 0.15) is 9.87 Å². The minimum absolute atomic E-state index is 0.184. The molecule has 2 aromatic rings. The van der Waals surface area contributed by atoms with Crippen LogP contribution >= 0.6 is 23.6 Å². The van der Waals surface area contributed by atoms with Crippen molar-refractivity contribution in [3.05, 3.63) is 44.9 Å². The number of aromatic nitrogens is 1. The van der Waals surface area contributed by atoms with Crippen LogP contribution in [0.5, 0.6) is 0 Å². The topological polar surface area (TPSA) is 68.0 Å². The van der Waals surface area contributed by atoms with Crippen molar-refractivity contribution >= 4 is 40.1 Å². The summed E-state index contributed by atoms with van der Waals surface area (Å²) in [6.45, 7) is 5.61. The molecule has 0 saturated heterocycles. The van der Waals surface area contributed by atoms with Gasteiger partial charge in [0.25, 0.3) is 5.91 Å². The molecule has 0 aliphatic rings. The molecule has 0 radical (unpaired) electrons. The minimum Gasteiger partial charge on any atom is -0.389 e. The highest BCUT2D eigenvalue weighted by atomic mass is 32.1. The number of benzene rings is 1. The SMILES string of the molecule is Cc1nc(C)c(C(=O)Nc2cccc(C)c2C(N)=S)s1. The van der Waals surface area contributed by atoms with Gasteiger partial charge in [0.15, 0.2) is 0 Å². The van der Waals surface area contributed by atoms with Crippen LogP contribution in [0.4, 0.5) is 5.69 Å². The maximum absolute atomic E-state index is 12.3. The van der Waals surface area contributed by atoms with Gasteiger partial charge in [0.05, 0.1) is 16.4 Å². The van der Waals surface area contributed by atoms with Crippen LogP contribution in [0.2, 0.25) is 0 Å². The second-order valence-corrected chi connectivity index (χ2v) is 6.11. The molecule has 0 fully saturated rings. The van der Waals surface area contributed by atoms with Crippen LogP contribution in [0.1, 0.15) is 31.5 Å². The lowest BCUT2D eigenvalue weighted by molar-refractivity contribution is 0.103. The van der Waals surface area contributed by atoms with Gasteiger partial charge in [-0.2, -0.15) is 0 Å². The van der Waals surface area contributed by atoms with Crippen LogP contribution in [0.15, 0.2) is 18.2 Å². The zero-order valence-corrected chi connectivity index (χ0v) is 13.1. The predicted octanol–water partition coefficient (Wildman–Crippen LogP) is 2.95. The van der Waals surface area contributed by atoms with E-state index in [9.17, 15) is 4.79 Å². The van der Waals surface area contributed by atoms with Gasteiger partial charge >= 0.3 is 0 Å². The molecule has 2 rings (SSSR count). The number of nitrogens with two attached hydrogens (primary N) is 1. The fourth-order valence-corrected chi connectivity index (χ4v) is 3.11. The summed E-state index contributed by atoms with van der Waals surface area (Å²) in [6, 6.07) is 5.56. The Hall–Kier alpha value is -1.79. The fraction of sp³-hybridized carbons (Fsp3) is 0.214. The average molecular weight is 305 g/mol. The first-order valence-corrected chi connectivity index (χ1v) is 7.27. The Kier molecular flexibility index (Phi) is 4.15. The summed E-state index contributed by atoms with van der Waals surface area (Å²) in [6.07, 6.45) is 0. The van der Waals surface area contributed by atoms with Gasteiger partial charge in [0, 0.05) is 5.56 Å². The number of thiocarbonyl (C=S) groups is 1. The number of hydrogen-bond donors (Lipinski definition) is 2. The summed E-state index contributed by atoms with van der Waals surface area (Å²) in [5.41, 5.74) is 8.74. The van der Waals surface area contributed by atoms with Gasteiger partial charge in [0.2, 0.25) is 0 Å². The molecule has 0 unspecified atom stereocenters. The first-order valence-electron chi connectivity index (χ1n) is 6.05. The zero-order valence-electron chi connectivity index (χ0n) is 11.5. The Morgan fingerprint density at radius 3 is 2.60 bits per heavy atom. The van der Waals surface area contributed by atoms with E-state index in [4.69, 9.17) is 18.0 Å². The van der Waals surface area contributed by atoms with E-state index in [1.165, 1.54) is 11.3 Å². The highest BCUT2D eigenvalue weighted by molar-refractivity contribution is 7.80. The van der Waals surface area contributed by atoms with Crippen LogP contribution in [0.3, 0.4) is 0 Å². The van der Waals surface area contributed by atoms with Crippen molar-refractivity contribution in [1.82, 2.24) is 4.98 Å². The van der Waals surface area contributed by atoms with Gasteiger partial charge in [-0.3, -0.25) is 4.79 Å². The third kappa shape index (κ3) is 2.86. The highest BCUT2D eigenvalue weighted by Crippen LogP contribution is 2.23. The highest BCUT2D eigenvalue weighted by Gasteiger charge is 2.16. The number of carbonyl (C=O) groups is 1. The third-order valence-corrected chi connectivity index (χ3v) is 4.15. The Bertz CT molecular complexity index is 692. The molecule has 20 heavy (non-hydrogen) atoms. The number of amides is 1. The first-order chi connectivity index (χ1) is 9.40. The minimum atomic E-state index is -0.184. The van der Waals surface area contributed by atoms with Crippen molar-refractivity contribution in [2.45, 2.75) is 20.8 Å². The van der Waals surface area contributed by atoms with E-state index in [0.29, 0.717) is 16.1 Å². The van der Waals surface area contributed by atoms with Crippen LogP contribution in [-0.2, 0) is 0 Å². The summed E-state index contributed by atoms with van der Waals surface area (Å²) in [7, 11) is 0. The van der Waals surface area contributed by atoms with Gasteiger partial charge < -0.3 is 11.1 Å². The van der Waals surface area contributed by atoms with Crippen molar-refractivity contribution in [3.63, 3.8) is 0 Å². The van der Waals surface area contributed by atoms with Gasteiger partial charge in [-0.05, 0) is 32.4 Å². The zero-order chi connectivity index (χ0) is 14.9. The average Bonchev–Trinajstić information content (AvgIpc) is 2.68. The van der Waals surface area contributed by atoms with Gasteiger partial charge in [-0.1, -0.05) is 24.4 Å². The van der Waals surface area contributed by atoms with Crippen LogP contribution < -0.4 is 11.1 Å². The summed E-state index contributed by atoms with van der Waals surface area (Å²) in [5, 5.41) is 3.73. The molecule has 6 heteroatoms.